The van der Waals surface area contributed by atoms with Gasteiger partial charge in [0.2, 0.25) is 0 Å². The van der Waals surface area contributed by atoms with Crippen molar-refractivity contribution in [1.82, 2.24) is 20.2 Å². The van der Waals surface area contributed by atoms with Crippen molar-refractivity contribution >= 4 is 15.7 Å². The van der Waals surface area contributed by atoms with Gasteiger partial charge in [-0.3, -0.25) is 4.72 Å². The minimum atomic E-state index is -3.90. The summed E-state index contributed by atoms with van der Waals surface area (Å²) in [5.74, 6) is -0.00782. The minimum Gasteiger partial charge on any atom is -0.280 e. The number of sulfonamides is 1. The molecular formula is C15H14FN5O2S. The average Bonchev–Trinajstić information content (AvgIpc) is 2.96. The van der Waals surface area contributed by atoms with Gasteiger partial charge in [0.25, 0.3) is 10.0 Å². The van der Waals surface area contributed by atoms with Crippen molar-refractivity contribution in [2.75, 3.05) is 4.72 Å². The smallest absolute Gasteiger partial charge is 0.261 e. The highest BCUT2D eigenvalue weighted by atomic mass is 32.2. The fourth-order valence-electron chi connectivity index (χ4n) is 2.13. The number of anilines is 1. The standard InChI is InChI=1S/C15H14FN5O2S/c1-10-6-7-14(9-15(10)16)24(22,23)18-12-4-3-5-13(8-12)21-11(2)17-19-20-21/h3-9,18H,1-2H3. The van der Waals surface area contributed by atoms with E-state index in [0.29, 0.717) is 22.8 Å². The second-order valence-electron chi connectivity index (χ2n) is 5.20. The molecule has 0 bridgehead atoms. The van der Waals surface area contributed by atoms with Crippen LogP contribution in [0.5, 0.6) is 0 Å². The van der Waals surface area contributed by atoms with Crippen molar-refractivity contribution in [3.05, 3.63) is 59.7 Å². The molecule has 0 aliphatic rings. The highest BCUT2D eigenvalue weighted by Crippen LogP contribution is 2.20. The molecule has 0 aliphatic heterocycles. The van der Waals surface area contributed by atoms with Crippen LogP contribution in [0.3, 0.4) is 0 Å². The highest BCUT2D eigenvalue weighted by molar-refractivity contribution is 7.92. The summed E-state index contributed by atoms with van der Waals surface area (Å²) in [7, 11) is -3.90. The van der Waals surface area contributed by atoms with E-state index in [1.165, 1.54) is 16.8 Å². The van der Waals surface area contributed by atoms with Crippen molar-refractivity contribution < 1.29 is 12.8 Å². The average molecular weight is 347 g/mol. The maximum atomic E-state index is 13.6. The summed E-state index contributed by atoms with van der Waals surface area (Å²) in [5, 5.41) is 11.2. The summed E-state index contributed by atoms with van der Waals surface area (Å²) >= 11 is 0. The van der Waals surface area contributed by atoms with Crippen molar-refractivity contribution in [2.45, 2.75) is 18.7 Å². The Kier molecular flexibility index (Phi) is 4.02. The van der Waals surface area contributed by atoms with Gasteiger partial charge in [0.1, 0.15) is 5.82 Å². The molecule has 0 atom stereocenters. The van der Waals surface area contributed by atoms with Crippen LogP contribution in [0.1, 0.15) is 11.4 Å². The highest BCUT2D eigenvalue weighted by Gasteiger charge is 2.16. The van der Waals surface area contributed by atoms with Gasteiger partial charge < -0.3 is 0 Å². The van der Waals surface area contributed by atoms with E-state index in [2.05, 4.69) is 20.2 Å². The normalized spacial score (nSPS) is 11.5. The van der Waals surface area contributed by atoms with Crippen molar-refractivity contribution in [3.63, 3.8) is 0 Å². The number of tetrazole rings is 1. The van der Waals surface area contributed by atoms with Gasteiger partial charge in [-0.2, -0.15) is 4.68 Å². The number of nitrogens with one attached hydrogen (secondary N) is 1. The fraction of sp³-hybridized carbons (Fsp3) is 0.133. The summed E-state index contributed by atoms with van der Waals surface area (Å²) in [6.45, 7) is 3.29. The van der Waals surface area contributed by atoms with E-state index in [9.17, 15) is 12.8 Å². The second-order valence-corrected chi connectivity index (χ2v) is 6.89. The van der Waals surface area contributed by atoms with Crippen molar-refractivity contribution in [2.24, 2.45) is 0 Å². The van der Waals surface area contributed by atoms with Crippen LogP contribution in [0.15, 0.2) is 47.4 Å². The molecule has 3 aromatic rings. The lowest BCUT2D eigenvalue weighted by Gasteiger charge is -2.10. The molecule has 7 nitrogen and oxygen atoms in total. The number of rotatable bonds is 4. The summed E-state index contributed by atoms with van der Waals surface area (Å²) in [6.07, 6.45) is 0. The van der Waals surface area contributed by atoms with Crippen LogP contribution < -0.4 is 4.72 Å². The molecule has 3 rings (SSSR count). The Balaban J connectivity index is 1.93. The third-order valence-electron chi connectivity index (χ3n) is 3.42. The fourth-order valence-corrected chi connectivity index (χ4v) is 3.19. The number of aromatic nitrogens is 4. The lowest BCUT2D eigenvalue weighted by Crippen LogP contribution is -2.13. The molecule has 0 amide bonds. The molecule has 0 fully saturated rings. The van der Waals surface area contributed by atoms with Crippen LogP contribution in [0.2, 0.25) is 0 Å². The van der Waals surface area contributed by atoms with Crippen LogP contribution in [0, 0.1) is 19.7 Å². The van der Waals surface area contributed by atoms with Gasteiger partial charge in [-0.05, 0) is 60.2 Å². The van der Waals surface area contributed by atoms with Gasteiger partial charge >= 0.3 is 0 Å². The molecule has 0 saturated heterocycles. The maximum absolute atomic E-state index is 13.6. The molecule has 2 aromatic carbocycles. The molecule has 1 aromatic heterocycles. The molecule has 0 saturated carbocycles. The predicted molar refractivity (Wildman–Crippen MR) is 85.8 cm³/mol. The van der Waals surface area contributed by atoms with Gasteiger partial charge in [-0.1, -0.05) is 12.1 Å². The van der Waals surface area contributed by atoms with Gasteiger partial charge in [0.05, 0.1) is 16.3 Å². The van der Waals surface area contributed by atoms with Crippen LogP contribution in [-0.2, 0) is 10.0 Å². The number of benzene rings is 2. The molecule has 1 N–H and O–H groups in total. The Labute approximate surface area is 138 Å². The van der Waals surface area contributed by atoms with Crippen LogP contribution in [0.25, 0.3) is 5.69 Å². The van der Waals surface area contributed by atoms with E-state index >= 15 is 0 Å². The minimum absolute atomic E-state index is 0.144. The zero-order valence-corrected chi connectivity index (χ0v) is 13.7. The first-order valence-corrected chi connectivity index (χ1v) is 8.49. The van der Waals surface area contributed by atoms with Crippen molar-refractivity contribution in [3.8, 4) is 5.69 Å². The molecule has 1 heterocycles. The molecule has 0 aliphatic carbocycles. The Morgan fingerprint density at radius 3 is 2.58 bits per heavy atom. The Morgan fingerprint density at radius 1 is 1.12 bits per heavy atom. The zero-order chi connectivity index (χ0) is 17.3. The summed E-state index contributed by atoms with van der Waals surface area (Å²) in [5.41, 5.74) is 1.31. The van der Waals surface area contributed by atoms with Gasteiger partial charge in [-0.15, -0.1) is 5.10 Å². The van der Waals surface area contributed by atoms with Gasteiger partial charge in [0.15, 0.2) is 5.82 Å². The Hall–Kier alpha value is -2.81. The molecule has 124 valence electrons. The van der Waals surface area contributed by atoms with Crippen LogP contribution in [0.4, 0.5) is 10.1 Å². The molecule has 0 radical (unpaired) electrons. The molecule has 24 heavy (non-hydrogen) atoms. The van der Waals surface area contributed by atoms with E-state index in [4.69, 9.17) is 0 Å². The summed E-state index contributed by atoms with van der Waals surface area (Å²) < 4.78 is 42.3. The summed E-state index contributed by atoms with van der Waals surface area (Å²) in [6, 6.07) is 10.4. The maximum Gasteiger partial charge on any atom is 0.261 e. The van der Waals surface area contributed by atoms with Gasteiger partial charge in [-0.25, -0.2) is 12.8 Å². The van der Waals surface area contributed by atoms with E-state index in [1.54, 1.807) is 38.1 Å². The third kappa shape index (κ3) is 3.11. The zero-order valence-electron chi connectivity index (χ0n) is 12.9. The van der Waals surface area contributed by atoms with Gasteiger partial charge in [0, 0.05) is 0 Å². The Morgan fingerprint density at radius 2 is 1.92 bits per heavy atom. The first kappa shape index (κ1) is 16.1. The van der Waals surface area contributed by atoms with E-state index < -0.39 is 15.8 Å². The number of hydrogen-bond donors (Lipinski definition) is 1. The number of halogens is 1. The second kappa shape index (κ2) is 6.00. The van der Waals surface area contributed by atoms with E-state index in [1.807, 2.05) is 0 Å². The first-order valence-electron chi connectivity index (χ1n) is 7.01. The SMILES string of the molecule is Cc1ccc(S(=O)(=O)Nc2cccc(-n3nnnc3C)c2)cc1F. The van der Waals surface area contributed by atoms with Crippen LogP contribution >= 0.6 is 0 Å². The lowest BCUT2D eigenvalue weighted by molar-refractivity contribution is 0.593. The molecule has 0 spiro atoms. The number of aryl methyl sites for hydroxylation is 2. The third-order valence-corrected chi connectivity index (χ3v) is 4.80. The monoisotopic (exact) mass is 347 g/mol. The molecule has 0 unspecified atom stereocenters. The summed E-state index contributed by atoms with van der Waals surface area (Å²) in [4.78, 5) is -0.144. The van der Waals surface area contributed by atoms with E-state index in [0.717, 1.165) is 6.07 Å². The number of nitrogens with zero attached hydrogens (tertiary/aromatic N) is 4. The predicted octanol–water partition coefficient (Wildman–Crippen LogP) is 2.22. The quantitative estimate of drug-likeness (QED) is 0.781. The molecular weight excluding hydrogens is 333 g/mol. The lowest BCUT2D eigenvalue weighted by atomic mass is 10.2. The number of hydrogen-bond acceptors (Lipinski definition) is 5. The topological polar surface area (TPSA) is 89.8 Å². The van der Waals surface area contributed by atoms with Crippen LogP contribution in [-0.4, -0.2) is 28.6 Å². The Bertz CT molecular complexity index is 1000. The molecule has 9 heteroatoms. The largest absolute Gasteiger partial charge is 0.280 e. The van der Waals surface area contributed by atoms with Crippen molar-refractivity contribution in [1.29, 1.82) is 0 Å². The first-order chi connectivity index (χ1) is 11.4. The van der Waals surface area contributed by atoms with E-state index in [-0.39, 0.29) is 4.90 Å².